The molecule has 7 nitrogen and oxygen atoms in total. The molecule has 1 aliphatic rings. The number of carbonyl (C=O) groups excluding carboxylic acids is 2. The van der Waals surface area contributed by atoms with Gasteiger partial charge in [-0.05, 0) is 44.7 Å². The van der Waals surface area contributed by atoms with E-state index in [2.05, 4.69) is 29.2 Å². The Bertz CT molecular complexity index is 919. The molecule has 0 aliphatic carbocycles. The minimum absolute atomic E-state index is 0.361. The zero-order valence-corrected chi connectivity index (χ0v) is 22.1. The van der Waals surface area contributed by atoms with E-state index in [0.29, 0.717) is 45.5 Å². The average Bonchev–Trinajstić information content (AvgIpc) is 3.07. The number of hydrogen-bond donors (Lipinski definition) is 0. The predicted molar refractivity (Wildman–Crippen MR) is 139 cm³/mol. The lowest BCUT2D eigenvalue weighted by atomic mass is 9.94. The van der Waals surface area contributed by atoms with Crippen molar-refractivity contribution in [1.29, 1.82) is 0 Å². The molecule has 0 spiro atoms. The summed E-state index contributed by atoms with van der Waals surface area (Å²) in [5, 5.41) is 0. The van der Waals surface area contributed by atoms with Crippen LogP contribution in [0.15, 0.2) is 60.7 Å². The van der Waals surface area contributed by atoms with Gasteiger partial charge in [-0.1, -0.05) is 60.7 Å². The van der Waals surface area contributed by atoms with Gasteiger partial charge < -0.3 is 19.1 Å². The summed E-state index contributed by atoms with van der Waals surface area (Å²) in [6, 6.07) is 20.7. The largest absolute Gasteiger partial charge is 0.467 e. The Morgan fingerprint density at radius 1 is 0.917 bits per heavy atom. The first-order valence-corrected chi connectivity index (χ1v) is 12.7. The zero-order valence-electron chi connectivity index (χ0n) is 22.1. The molecule has 2 aromatic rings. The number of hydrogen-bond acceptors (Lipinski definition) is 6. The summed E-state index contributed by atoms with van der Waals surface area (Å²) in [6.45, 7) is 9.02. The van der Waals surface area contributed by atoms with Crippen LogP contribution in [-0.4, -0.2) is 66.4 Å². The normalized spacial score (nSPS) is 18.5. The van der Waals surface area contributed by atoms with E-state index in [-0.39, 0.29) is 12.1 Å². The quantitative estimate of drug-likeness (QED) is 0.453. The lowest BCUT2D eigenvalue weighted by Gasteiger charge is -2.32. The fourth-order valence-electron chi connectivity index (χ4n) is 4.48. The van der Waals surface area contributed by atoms with Gasteiger partial charge >= 0.3 is 12.1 Å². The van der Waals surface area contributed by atoms with Crippen molar-refractivity contribution >= 4 is 12.1 Å². The van der Waals surface area contributed by atoms with Crippen molar-refractivity contribution in [3.8, 4) is 0 Å². The van der Waals surface area contributed by atoms with Crippen LogP contribution in [-0.2, 0) is 32.1 Å². The van der Waals surface area contributed by atoms with Crippen LogP contribution in [0.4, 0.5) is 4.79 Å². The van der Waals surface area contributed by atoms with E-state index in [1.54, 1.807) is 4.90 Å². The molecular formula is C29H40N2O5. The summed E-state index contributed by atoms with van der Waals surface area (Å²) < 4.78 is 17.0. The van der Waals surface area contributed by atoms with Gasteiger partial charge in [-0.3, -0.25) is 4.90 Å². The molecular weight excluding hydrogens is 456 g/mol. The number of benzene rings is 2. The number of rotatable bonds is 9. The highest BCUT2D eigenvalue weighted by Crippen LogP contribution is 2.29. The second kappa shape index (κ2) is 12.9. The summed E-state index contributed by atoms with van der Waals surface area (Å²) in [5.74, 6) is -0.383. The maximum Gasteiger partial charge on any atom is 0.410 e. The Morgan fingerprint density at radius 3 is 2.03 bits per heavy atom. The van der Waals surface area contributed by atoms with Crippen molar-refractivity contribution in [3.63, 3.8) is 0 Å². The number of esters is 1. The summed E-state index contributed by atoms with van der Waals surface area (Å²) >= 11 is 0. The van der Waals surface area contributed by atoms with Gasteiger partial charge in [0, 0.05) is 39.1 Å². The minimum atomic E-state index is -1.07. The molecule has 0 bridgehead atoms. The summed E-state index contributed by atoms with van der Waals surface area (Å²) in [5.41, 5.74) is 0.800. The van der Waals surface area contributed by atoms with Gasteiger partial charge in [0.25, 0.3) is 0 Å². The Kier molecular flexibility index (Phi) is 9.90. The van der Waals surface area contributed by atoms with Crippen LogP contribution in [0.25, 0.3) is 0 Å². The molecule has 1 aliphatic heterocycles. The van der Waals surface area contributed by atoms with E-state index in [4.69, 9.17) is 14.2 Å². The molecule has 0 saturated carbocycles. The predicted octanol–water partition coefficient (Wildman–Crippen LogP) is 5.04. The topological polar surface area (TPSA) is 68.3 Å². The number of methoxy groups -OCH3 is 1. The zero-order chi connectivity index (χ0) is 26.0. The number of ether oxygens (including phenoxy) is 3. The maximum atomic E-state index is 12.9. The van der Waals surface area contributed by atoms with Crippen LogP contribution < -0.4 is 0 Å². The van der Waals surface area contributed by atoms with Crippen LogP contribution in [0.3, 0.4) is 0 Å². The van der Waals surface area contributed by atoms with Gasteiger partial charge in [-0.2, -0.15) is 0 Å². The Hall–Kier alpha value is -2.90. The number of amides is 1. The first kappa shape index (κ1) is 27.7. The molecule has 0 radical (unpaired) electrons. The molecule has 3 rings (SSSR count). The third-order valence-corrected chi connectivity index (χ3v) is 6.29. The lowest BCUT2D eigenvalue weighted by Crippen LogP contribution is -2.45. The van der Waals surface area contributed by atoms with Gasteiger partial charge in [0.05, 0.1) is 13.7 Å². The SMILES string of the molecule is COC(=O)C1(OCCN(Cc2ccccc2)Cc2ccccc2)CCCN(C(=O)OC(C)(C)C)CC1. The average molecular weight is 497 g/mol. The monoisotopic (exact) mass is 496 g/mol. The van der Waals surface area contributed by atoms with Crippen molar-refractivity contribution in [2.24, 2.45) is 0 Å². The van der Waals surface area contributed by atoms with Gasteiger partial charge in [0.15, 0.2) is 5.60 Å². The molecule has 0 N–H and O–H groups in total. The highest BCUT2D eigenvalue weighted by Gasteiger charge is 2.43. The summed E-state index contributed by atoms with van der Waals surface area (Å²) in [7, 11) is 1.39. The van der Waals surface area contributed by atoms with Crippen molar-refractivity contribution in [2.75, 3.05) is 33.4 Å². The lowest BCUT2D eigenvalue weighted by molar-refractivity contribution is -0.172. The first-order valence-electron chi connectivity index (χ1n) is 12.7. The molecule has 1 atom stereocenters. The molecule has 1 heterocycles. The second-order valence-electron chi connectivity index (χ2n) is 10.3. The second-order valence-corrected chi connectivity index (χ2v) is 10.3. The molecule has 1 saturated heterocycles. The number of nitrogens with zero attached hydrogens (tertiary/aromatic N) is 2. The first-order chi connectivity index (χ1) is 17.2. The molecule has 196 valence electrons. The van der Waals surface area contributed by atoms with E-state index in [9.17, 15) is 9.59 Å². The fourth-order valence-corrected chi connectivity index (χ4v) is 4.48. The summed E-state index contributed by atoms with van der Waals surface area (Å²) in [4.78, 5) is 29.5. The fraction of sp³-hybridized carbons (Fsp3) is 0.517. The van der Waals surface area contributed by atoms with Gasteiger partial charge in [0.2, 0.25) is 0 Å². The third-order valence-electron chi connectivity index (χ3n) is 6.29. The molecule has 0 aromatic heterocycles. The minimum Gasteiger partial charge on any atom is -0.467 e. The van der Waals surface area contributed by atoms with Crippen molar-refractivity contribution in [2.45, 2.75) is 64.3 Å². The molecule has 36 heavy (non-hydrogen) atoms. The van der Waals surface area contributed by atoms with E-state index in [0.717, 1.165) is 13.1 Å². The van der Waals surface area contributed by atoms with E-state index in [1.165, 1.54) is 18.2 Å². The molecule has 1 amide bonds. The Balaban J connectivity index is 1.66. The van der Waals surface area contributed by atoms with E-state index >= 15 is 0 Å². The molecule has 2 aromatic carbocycles. The molecule has 1 fully saturated rings. The molecule has 7 heteroatoms. The van der Waals surface area contributed by atoms with E-state index in [1.807, 2.05) is 57.2 Å². The standard InChI is InChI=1S/C29H40N2O5/c1-28(2,3)36-27(33)31-18-11-16-29(17-19-31,26(32)34-4)35-21-20-30(22-24-12-7-5-8-13-24)23-25-14-9-6-10-15-25/h5-10,12-15H,11,16-23H2,1-4H3. The highest BCUT2D eigenvalue weighted by molar-refractivity contribution is 5.79. The van der Waals surface area contributed by atoms with Crippen LogP contribution in [0.5, 0.6) is 0 Å². The van der Waals surface area contributed by atoms with E-state index < -0.39 is 11.2 Å². The van der Waals surface area contributed by atoms with Crippen molar-refractivity contribution in [1.82, 2.24) is 9.80 Å². The molecule has 1 unspecified atom stereocenters. The number of likely N-dealkylation sites (tertiary alicyclic amines) is 1. The third kappa shape index (κ3) is 8.35. The van der Waals surface area contributed by atoms with Crippen molar-refractivity contribution < 1.29 is 23.8 Å². The highest BCUT2D eigenvalue weighted by atomic mass is 16.6. The number of carbonyl (C=O) groups is 2. The van der Waals surface area contributed by atoms with Gasteiger partial charge in [-0.15, -0.1) is 0 Å². The maximum absolute atomic E-state index is 12.9. The van der Waals surface area contributed by atoms with Crippen LogP contribution in [0.2, 0.25) is 0 Å². The summed E-state index contributed by atoms with van der Waals surface area (Å²) in [6.07, 6.45) is 1.14. The van der Waals surface area contributed by atoms with Gasteiger partial charge in [0.1, 0.15) is 5.60 Å². The van der Waals surface area contributed by atoms with Crippen molar-refractivity contribution in [3.05, 3.63) is 71.8 Å². The van der Waals surface area contributed by atoms with Gasteiger partial charge in [-0.25, -0.2) is 9.59 Å². The van der Waals surface area contributed by atoms with Crippen LogP contribution in [0.1, 0.15) is 51.2 Å². The van der Waals surface area contributed by atoms with Crippen LogP contribution >= 0.6 is 0 Å². The Morgan fingerprint density at radius 2 is 1.50 bits per heavy atom. The smallest absolute Gasteiger partial charge is 0.410 e. The Labute approximate surface area is 215 Å². The van der Waals surface area contributed by atoms with Crippen LogP contribution in [0, 0.1) is 0 Å².